The summed E-state index contributed by atoms with van der Waals surface area (Å²) in [5, 5.41) is 7.38. The maximum absolute atomic E-state index is 12.3. The van der Waals surface area contributed by atoms with Gasteiger partial charge in [0, 0.05) is 38.1 Å². The van der Waals surface area contributed by atoms with Crippen molar-refractivity contribution in [2.75, 3.05) is 32.1 Å². The van der Waals surface area contributed by atoms with Gasteiger partial charge in [-0.2, -0.15) is 16.9 Å². The van der Waals surface area contributed by atoms with Crippen LogP contribution in [0.5, 0.6) is 0 Å². The standard InChI is InChI=1S/C12H24N4O2S2/c1-11(2)13-5-6-16-10-12(9-14-16)20(17,18)15(3)7-8-19-4/h9-11,13H,5-8H2,1-4H3. The lowest BCUT2D eigenvalue weighted by Gasteiger charge is -2.14. The summed E-state index contributed by atoms with van der Waals surface area (Å²) < 4.78 is 27.6. The van der Waals surface area contributed by atoms with Crippen LogP contribution in [0.4, 0.5) is 0 Å². The largest absolute Gasteiger partial charge is 0.313 e. The molecule has 6 nitrogen and oxygen atoms in total. The van der Waals surface area contributed by atoms with Crippen molar-refractivity contribution in [2.24, 2.45) is 0 Å². The van der Waals surface area contributed by atoms with Crippen molar-refractivity contribution in [3.05, 3.63) is 12.4 Å². The average molecular weight is 320 g/mol. The van der Waals surface area contributed by atoms with E-state index in [0.717, 1.165) is 12.3 Å². The molecule has 20 heavy (non-hydrogen) atoms. The molecule has 0 saturated carbocycles. The maximum Gasteiger partial charge on any atom is 0.245 e. The van der Waals surface area contributed by atoms with Gasteiger partial charge in [-0.3, -0.25) is 4.68 Å². The van der Waals surface area contributed by atoms with Gasteiger partial charge in [-0.1, -0.05) is 13.8 Å². The van der Waals surface area contributed by atoms with E-state index in [4.69, 9.17) is 0 Å². The van der Waals surface area contributed by atoms with Crippen molar-refractivity contribution in [2.45, 2.75) is 31.3 Å². The molecule has 0 aliphatic carbocycles. The number of hydrogen-bond acceptors (Lipinski definition) is 5. The third-order valence-electron chi connectivity index (χ3n) is 2.82. The van der Waals surface area contributed by atoms with Crippen molar-refractivity contribution in [3.63, 3.8) is 0 Å². The Kier molecular flexibility index (Phi) is 7.01. The first-order chi connectivity index (χ1) is 9.37. The Hall–Kier alpha value is -0.570. The Morgan fingerprint density at radius 1 is 1.50 bits per heavy atom. The van der Waals surface area contributed by atoms with Gasteiger partial charge in [-0.15, -0.1) is 0 Å². The van der Waals surface area contributed by atoms with E-state index in [1.165, 1.54) is 10.5 Å². The molecule has 1 rings (SSSR count). The Balaban J connectivity index is 2.65. The third kappa shape index (κ3) is 5.08. The van der Waals surface area contributed by atoms with Crippen LogP contribution in [0, 0.1) is 0 Å². The van der Waals surface area contributed by atoms with Crippen molar-refractivity contribution < 1.29 is 8.42 Å². The molecule has 0 radical (unpaired) electrons. The first-order valence-electron chi connectivity index (χ1n) is 6.59. The number of rotatable bonds is 9. The number of sulfonamides is 1. The molecule has 0 aliphatic heterocycles. The van der Waals surface area contributed by atoms with E-state index in [-0.39, 0.29) is 4.90 Å². The number of thioether (sulfide) groups is 1. The van der Waals surface area contributed by atoms with Gasteiger partial charge in [-0.05, 0) is 6.26 Å². The molecule has 0 atom stereocenters. The molecule has 1 heterocycles. The SMILES string of the molecule is CSCCN(C)S(=O)(=O)c1cnn(CCNC(C)C)c1. The predicted octanol–water partition coefficient (Wildman–Crippen LogP) is 0.865. The van der Waals surface area contributed by atoms with Gasteiger partial charge in [0.2, 0.25) is 10.0 Å². The van der Waals surface area contributed by atoms with Crippen molar-refractivity contribution in [3.8, 4) is 0 Å². The lowest BCUT2D eigenvalue weighted by molar-refractivity contribution is 0.487. The van der Waals surface area contributed by atoms with Crippen LogP contribution >= 0.6 is 11.8 Å². The molecular formula is C12H24N4O2S2. The lowest BCUT2D eigenvalue weighted by atomic mass is 10.4. The van der Waals surface area contributed by atoms with Gasteiger partial charge < -0.3 is 5.32 Å². The zero-order valence-electron chi connectivity index (χ0n) is 12.5. The van der Waals surface area contributed by atoms with Crippen molar-refractivity contribution in [1.29, 1.82) is 0 Å². The minimum absolute atomic E-state index is 0.255. The molecule has 1 aromatic rings. The fourth-order valence-electron chi connectivity index (χ4n) is 1.59. The highest BCUT2D eigenvalue weighted by molar-refractivity contribution is 7.98. The minimum Gasteiger partial charge on any atom is -0.313 e. The van der Waals surface area contributed by atoms with Crippen molar-refractivity contribution >= 4 is 21.8 Å². The topological polar surface area (TPSA) is 67.2 Å². The van der Waals surface area contributed by atoms with Crippen LogP contribution in [0.25, 0.3) is 0 Å². The van der Waals surface area contributed by atoms with E-state index >= 15 is 0 Å². The summed E-state index contributed by atoms with van der Waals surface area (Å²) >= 11 is 1.63. The van der Waals surface area contributed by atoms with Crippen LogP contribution in [-0.2, 0) is 16.6 Å². The molecule has 0 unspecified atom stereocenters. The Bertz CT molecular complexity index is 499. The first kappa shape index (κ1) is 17.5. The monoisotopic (exact) mass is 320 g/mol. The first-order valence-corrected chi connectivity index (χ1v) is 9.42. The Morgan fingerprint density at radius 3 is 2.80 bits per heavy atom. The predicted molar refractivity (Wildman–Crippen MR) is 83.6 cm³/mol. The summed E-state index contributed by atoms with van der Waals surface area (Å²) in [6.07, 6.45) is 4.97. The highest BCUT2D eigenvalue weighted by Crippen LogP contribution is 2.13. The molecule has 0 aliphatic rings. The lowest BCUT2D eigenvalue weighted by Crippen LogP contribution is -2.29. The van der Waals surface area contributed by atoms with Gasteiger partial charge in [-0.25, -0.2) is 12.7 Å². The van der Waals surface area contributed by atoms with Crippen LogP contribution in [0.1, 0.15) is 13.8 Å². The highest BCUT2D eigenvalue weighted by Gasteiger charge is 2.22. The van der Waals surface area contributed by atoms with Crippen LogP contribution in [0.2, 0.25) is 0 Å². The molecule has 0 amide bonds. The summed E-state index contributed by atoms with van der Waals surface area (Å²) in [6.45, 7) is 6.06. The summed E-state index contributed by atoms with van der Waals surface area (Å²) in [4.78, 5) is 0.255. The zero-order valence-corrected chi connectivity index (χ0v) is 14.2. The summed E-state index contributed by atoms with van der Waals surface area (Å²) in [5.41, 5.74) is 0. The van der Waals surface area contributed by atoms with Gasteiger partial charge >= 0.3 is 0 Å². The minimum atomic E-state index is -3.42. The molecule has 0 fully saturated rings. The van der Waals surface area contributed by atoms with Crippen LogP contribution in [0.15, 0.2) is 17.3 Å². The van der Waals surface area contributed by atoms with Crippen LogP contribution in [-0.4, -0.2) is 60.7 Å². The van der Waals surface area contributed by atoms with Gasteiger partial charge in [0.15, 0.2) is 0 Å². The third-order valence-corrected chi connectivity index (χ3v) is 5.22. The van der Waals surface area contributed by atoms with Crippen molar-refractivity contribution in [1.82, 2.24) is 19.4 Å². The molecular weight excluding hydrogens is 296 g/mol. The Morgan fingerprint density at radius 2 is 2.20 bits per heavy atom. The fraction of sp³-hybridized carbons (Fsp3) is 0.750. The van der Waals surface area contributed by atoms with E-state index in [1.54, 1.807) is 29.7 Å². The highest BCUT2D eigenvalue weighted by atomic mass is 32.2. The maximum atomic E-state index is 12.3. The zero-order chi connectivity index (χ0) is 15.2. The normalized spacial score (nSPS) is 12.5. The Labute approximate surface area is 126 Å². The molecule has 1 aromatic heterocycles. The smallest absolute Gasteiger partial charge is 0.245 e. The van der Waals surface area contributed by atoms with E-state index in [0.29, 0.717) is 19.1 Å². The van der Waals surface area contributed by atoms with E-state index in [2.05, 4.69) is 24.3 Å². The molecule has 0 aromatic carbocycles. The fourth-order valence-corrected chi connectivity index (χ4v) is 3.29. The molecule has 0 saturated heterocycles. The van der Waals surface area contributed by atoms with E-state index in [1.807, 2.05) is 6.26 Å². The summed E-state index contributed by atoms with van der Waals surface area (Å²) in [5.74, 6) is 0.780. The van der Waals surface area contributed by atoms with Gasteiger partial charge in [0.05, 0.1) is 12.7 Å². The second kappa shape index (κ2) is 8.02. The molecule has 0 bridgehead atoms. The second-order valence-electron chi connectivity index (χ2n) is 4.87. The van der Waals surface area contributed by atoms with E-state index < -0.39 is 10.0 Å². The average Bonchev–Trinajstić information content (AvgIpc) is 2.84. The van der Waals surface area contributed by atoms with E-state index in [9.17, 15) is 8.42 Å². The quantitative estimate of drug-likeness (QED) is 0.731. The number of hydrogen-bond donors (Lipinski definition) is 1. The molecule has 8 heteroatoms. The molecule has 1 N–H and O–H groups in total. The summed E-state index contributed by atoms with van der Waals surface area (Å²) in [6, 6.07) is 0.409. The second-order valence-corrected chi connectivity index (χ2v) is 7.90. The number of aromatic nitrogens is 2. The van der Waals surface area contributed by atoms with Gasteiger partial charge in [0.1, 0.15) is 4.90 Å². The van der Waals surface area contributed by atoms with Crippen LogP contribution < -0.4 is 5.32 Å². The number of nitrogens with zero attached hydrogens (tertiary/aromatic N) is 3. The van der Waals surface area contributed by atoms with Gasteiger partial charge in [0.25, 0.3) is 0 Å². The number of nitrogens with one attached hydrogen (secondary N) is 1. The van der Waals surface area contributed by atoms with Crippen LogP contribution in [0.3, 0.4) is 0 Å². The molecule has 0 spiro atoms. The molecule has 116 valence electrons. The summed E-state index contributed by atoms with van der Waals surface area (Å²) in [7, 11) is -1.82.